The maximum Gasteiger partial charge on any atom is 0.184 e. The molecule has 7 nitrogen and oxygen atoms in total. The molecule has 0 bridgehead atoms. The Hall–Kier alpha value is -2.98. The molecule has 0 radical (unpaired) electrons. The second-order valence-electron chi connectivity index (χ2n) is 12.3. The van der Waals surface area contributed by atoms with Crippen molar-refractivity contribution in [2.45, 2.75) is 104 Å². The van der Waals surface area contributed by atoms with Gasteiger partial charge < -0.3 is 15.0 Å². The Balaban J connectivity index is 1.66. The van der Waals surface area contributed by atoms with Crippen LogP contribution in [0.25, 0.3) is 22.7 Å². The first-order valence-corrected chi connectivity index (χ1v) is 14.3. The zero-order chi connectivity index (χ0) is 27.0. The third-order valence-electron chi connectivity index (χ3n) is 8.57. The van der Waals surface area contributed by atoms with E-state index in [-0.39, 0.29) is 6.04 Å². The molecule has 0 spiro atoms. The molecule has 7 heteroatoms. The van der Waals surface area contributed by atoms with Gasteiger partial charge >= 0.3 is 0 Å². The molecule has 5 rings (SSSR count). The maximum atomic E-state index is 10.9. The van der Waals surface area contributed by atoms with E-state index < -0.39 is 5.60 Å². The molecule has 0 aromatic carbocycles. The molecule has 3 heterocycles. The SMILES string of the molecule is C#C[C@H]1CC[C@H](Cn2c(-c3cc(C(C)C)ccn3)nc3nc(C(C)(C)O)nc(N[C@H](C)C4CCC4)c32)CC1. The van der Waals surface area contributed by atoms with Gasteiger partial charge in [0.15, 0.2) is 23.1 Å². The highest BCUT2D eigenvalue weighted by Gasteiger charge is 2.30. The van der Waals surface area contributed by atoms with Crippen LogP contribution in [0.2, 0.25) is 0 Å². The molecule has 2 aliphatic carbocycles. The van der Waals surface area contributed by atoms with Crippen molar-refractivity contribution in [1.82, 2.24) is 24.5 Å². The van der Waals surface area contributed by atoms with Gasteiger partial charge in [-0.1, -0.05) is 20.3 Å². The van der Waals surface area contributed by atoms with Crippen molar-refractivity contribution in [2.75, 3.05) is 5.32 Å². The molecule has 2 N–H and O–H groups in total. The summed E-state index contributed by atoms with van der Waals surface area (Å²) in [5.74, 6) is 6.79. The number of aliphatic hydroxyl groups is 1. The molecule has 0 unspecified atom stereocenters. The van der Waals surface area contributed by atoms with E-state index in [1.807, 2.05) is 6.20 Å². The Morgan fingerprint density at radius 1 is 1.11 bits per heavy atom. The fraction of sp³-hybridized carbons (Fsp3) is 0.613. The number of pyridine rings is 1. The van der Waals surface area contributed by atoms with E-state index in [0.717, 1.165) is 55.1 Å². The van der Waals surface area contributed by atoms with Gasteiger partial charge in [-0.2, -0.15) is 0 Å². The van der Waals surface area contributed by atoms with Crippen molar-refractivity contribution in [3.63, 3.8) is 0 Å². The van der Waals surface area contributed by atoms with Gasteiger partial charge in [0, 0.05) is 24.7 Å². The summed E-state index contributed by atoms with van der Waals surface area (Å²) in [6, 6.07) is 4.49. The Morgan fingerprint density at radius 3 is 2.45 bits per heavy atom. The third kappa shape index (κ3) is 5.42. The minimum atomic E-state index is -1.18. The number of imidazole rings is 1. The Bertz CT molecular complexity index is 1320. The summed E-state index contributed by atoms with van der Waals surface area (Å²) < 4.78 is 2.28. The van der Waals surface area contributed by atoms with Crippen LogP contribution in [0.4, 0.5) is 5.82 Å². The number of anilines is 1. The lowest BCUT2D eigenvalue weighted by Crippen LogP contribution is -2.32. The van der Waals surface area contributed by atoms with E-state index in [0.29, 0.717) is 35.1 Å². The lowest BCUT2D eigenvalue weighted by molar-refractivity contribution is 0.0692. The Labute approximate surface area is 226 Å². The average molecular weight is 515 g/mol. The maximum absolute atomic E-state index is 10.9. The molecule has 38 heavy (non-hydrogen) atoms. The van der Waals surface area contributed by atoms with Gasteiger partial charge in [0.2, 0.25) is 0 Å². The number of terminal acetylenes is 1. The predicted octanol–water partition coefficient (Wildman–Crippen LogP) is 6.28. The smallest absolute Gasteiger partial charge is 0.184 e. The number of fused-ring (bicyclic) bond motifs is 1. The van der Waals surface area contributed by atoms with Crippen molar-refractivity contribution in [1.29, 1.82) is 0 Å². The lowest BCUT2D eigenvalue weighted by Gasteiger charge is -2.32. The van der Waals surface area contributed by atoms with E-state index in [4.69, 9.17) is 26.4 Å². The molecule has 2 saturated carbocycles. The predicted molar refractivity (Wildman–Crippen MR) is 153 cm³/mol. The summed E-state index contributed by atoms with van der Waals surface area (Å²) in [5, 5.41) is 14.6. The molecule has 0 amide bonds. The molecule has 2 aliphatic rings. The second-order valence-corrected chi connectivity index (χ2v) is 12.3. The highest BCUT2D eigenvalue weighted by Crippen LogP contribution is 2.37. The summed E-state index contributed by atoms with van der Waals surface area (Å²) in [7, 11) is 0. The van der Waals surface area contributed by atoms with Crippen LogP contribution >= 0.6 is 0 Å². The third-order valence-corrected chi connectivity index (χ3v) is 8.57. The first kappa shape index (κ1) is 26.6. The van der Waals surface area contributed by atoms with Crippen LogP contribution in [0.15, 0.2) is 18.3 Å². The Kier molecular flexibility index (Phi) is 7.46. The number of hydrogen-bond acceptors (Lipinski definition) is 6. The minimum Gasteiger partial charge on any atom is -0.382 e. The van der Waals surface area contributed by atoms with Crippen LogP contribution in [0.3, 0.4) is 0 Å². The summed E-state index contributed by atoms with van der Waals surface area (Å²) in [6.07, 6.45) is 15.7. The van der Waals surface area contributed by atoms with Gasteiger partial charge in [-0.15, -0.1) is 12.3 Å². The van der Waals surface area contributed by atoms with Gasteiger partial charge in [0.1, 0.15) is 16.8 Å². The second kappa shape index (κ2) is 10.6. The quantitative estimate of drug-likeness (QED) is 0.344. The Morgan fingerprint density at radius 2 is 1.84 bits per heavy atom. The fourth-order valence-electron chi connectivity index (χ4n) is 5.76. The first-order valence-electron chi connectivity index (χ1n) is 14.3. The summed E-state index contributed by atoms with van der Waals surface area (Å²) in [5.41, 5.74) is 2.38. The van der Waals surface area contributed by atoms with Gasteiger partial charge in [-0.05, 0) is 94.7 Å². The average Bonchev–Trinajstić information content (AvgIpc) is 3.21. The highest BCUT2D eigenvalue weighted by molar-refractivity contribution is 5.87. The van der Waals surface area contributed by atoms with Gasteiger partial charge in [0.25, 0.3) is 0 Å². The van der Waals surface area contributed by atoms with E-state index in [1.54, 1.807) is 13.8 Å². The van der Waals surface area contributed by atoms with E-state index in [9.17, 15) is 5.11 Å². The number of nitrogens with one attached hydrogen (secondary N) is 1. The topological polar surface area (TPSA) is 88.8 Å². The molecule has 202 valence electrons. The van der Waals surface area contributed by atoms with Crippen molar-refractivity contribution in [2.24, 2.45) is 17.8 Å². The zero-order valence-corrected chi connectivity index (χ0v) is 23.5. The van der Waals surface area contributed by atoms with Crippen LogP contribution in [0, 0.1) is 30.1 Å². The summed E-state index contributed by atoms with van der Waals surface area (Å²) >= 11 is 0. The molecule has 1 atom stereocenters. The molecule has 2 fully saturated rings. The molecule has 0 saturated heterocycles. The van der Waals surface area contributed by atoms with Crippen molar-refractivity contribution < 1.29 is 5.11 Å². The van der Waals surface area contributed by atoms with Crippen LogP contribution < -0.4 is 5.32 Å². The number of rotatable bonds is 8. The fourth-order valence-corrected chi connectivity index (χ4v) is 5.76. The van der Waals surface area contributed by atoms with Gasteiger partial charge in [-0.3, -0.25) is 4.98 Å². The molecule has 0 aliphatic heterocycles. The summed E-state index contributed by atoms with van der Waals surface area (Å²) in [6.45, 7) is 10.9. The lowest BCUT2D eigenvalue weighted by atomic mass is 9.80. The summed E-state index contributed by atoms with van der Waals surface area (Å²) in [4.78, 5) is 19.5. The monoisotopic (exact) mass is 514 g/mol. The molecule has 3 aromatic rings. The van der Waals surface area contributed by atoms with Gasteiger partial charge in [-0.25, -0.2) is 15.0 Å². The van der Waals surface area contributed by atoms with E-state index in [2.05, 4.69) is 48.7 Å². The van der Waals surface area contributed by atoms with Crippen LogP contribution in [-0.2, 0) is 12.1 Å². The largest absolute Gasteiger partial charge is 0.382 e. The molecule has 3 aromatic heterocycles. The zero-order valence-electron chi connectivity index (χ0n) is 23.5. The molecular weight excluding hydrogens is 472 g/mol. The number of hydrogen-bond donors (Lipinski definition) is 2. The first-order chi connectivity index (χ1) is 18.1. The number of nitrogens with zero attached hydrogens (tertiary/aromatic N) is 5. The van der Waals surface area contributed by atoms with Crippen molar-refractivity contribution in [3.8, 4) is 23.9 Å². The van der Waals surface area contributed by atoms with Crippen LogP contribution in [0.1, 0.15) is 96.9 Å². The van der Waals surface area contributed by atoms with Crippen molar-refractivity contribution in [3.05, 3.63) is 29.7 Å². The van der Waals surface area contributed by atoms with Crippen molar-refractivity contribution >= 4 is 17.0 Å². The number of aromatic nitrogens is 5. The normalized spacial score (nSPS) is 21.3. The highest BCUT2D eigenvalue weighted by atomic mass is 16.3. The molecular formula is C31H42N6O. The minimum absolute atomic E-state index is 0.275. The van der Waals surface area contributed by atoms with E-state index >= 15 is 0 Å². The van der Waals surface area contributed by atoms with Gasteiger partial charge in [0.05, 0.1) is 0 Å². The van der Waals surface area contributed by atoms with Crippen LogP contribution in [-0.4, -0.2) is 35.7 Å². The van der Waals surface area contributed by atoms with E-state index in [1.165, 1.54) is 24.8 Å². The standard InChI is InChI=1S/C31H42N6O/c1-7-21-11-13-22(14-12-21)18-37-26-27(33-20(4)23-9-8-10-23)35-30(31(5,6)38)36-28(26)34-29(37)25-17-24(19(2)3)15-16-32-25/h1,15-17,19-23,38H,8-14,18H2,2-6H3,(H,33,35,36)/t20-,21-,22-/m1/s1. The van der Waals surface area contributed by atoms with Crippen LogP contribution in [0.5, 0.6) is 0 Å².